The topological polar surface area (TPSA) is 58.3 Å². The Morgan fingerprint density at radius 3 is 1.18 bits per heavy atom. The van der Waals surface area contributed by atoms with Gasteiger partial charge in [-0.25, -0.2) is 36.0 Å². The lowest BCUT2D eigenvalue weighted by atomic mass is 9.95. The van der Waals surface area contributed by atoms with Crippen LogP contribution in [0.2, 0.25) is 5.02 Å². The molecule has 11 aromatic rings. The second-order valence-corrected chi connectivity index (χ2v) is 37.0. The van der Waals surface area contributed by atoms with Crippen molar-refractivity contribution in [3.05, 3.63) is 383 Å². The molecule has 1 heterocycles. The SMILES string of the molecule is CC(C)c1cnccn1.Cc1c(F)ccc(C(C)C)c1F.Cc1cc(C(C)C)cc(C(F)(F)F)c1.Cc1cc(C(C)C)ccc1F.Cc1cc(C(C)C)ccc1I.Cc1cc(F)c(C(C)C)cc1F.Cc1ccc(C(C)C)c(C#N)c1.Cc1ccc(C(C)C)c(C(F)(F)F)c1.Cc1ccc(C(C)C)c(Cl)c1.[C-]#[N+]c1cc(C(C)C)ccc1F.[C-]#[N+]c1ccc(C(C)C)cc1C. The predicted molar refractivity (Wildman–Crippen MR) is 529 cm³/mol. The highest BCUT2D eigenvalue weighted by molar-refractivity contribution is 14.1. The molecular weight excluding hydrogens is 1790 g/mol. The van der Waals surface area contributed by atoms with Gasteiger partial charge in [0.05, 0.1) is 41.6 Å². The Balaban J connectivity index is 0.000000716. The molecule has 0 amide bonds. The highest BCUT2D eigenvalue weighted by atomic mass is 127. The zero-order valence-corrected chi connectivity index (χ0v) is 84.7. The van der Waals surface area contributed by atoms with Crippen LogP contribution in [0.4, 0.5) is 64.1 Å². The average Bonchev–Trinajstić information content (AvgIpc) is 0.812. The number of halogens is 14. The van der Waals surface area contributed by atoms with Gasteiger partial charge in [-0.3, -0.25) is 9.97 Å². The Labute approximate surface area is 789 Å². The van der Waals surface area contributed by atoms with Crippen molar-refractivity contribution in [3.63, 3.8) is 0 Å². The van der Waals surface area contributed by atoms with Crippen molar-refractivity contribution in [3.8, 4) is 6.07 Å². The molecule has 0 radical (unpaired) electrons. The average molecular weight is 1930 g/mol. The monoisotopic (exact) mass is 1930 g/mol. The summed E-state index contributed by atoms with van der Waals surface area (Å²) in [6.45, 7) is 74.4. The molecule has 0 saturated heterocycles. The molecule has 0 atom stereocenters. The molecule has 0 aliphatic rings. The minimum absolute atomic E-state index is 0.0279. The number of aromatic nitrogens is 2. The Morgan fingerprint density at radius 1 is 0.346 bits per heavy atom. The molecule has 130 heavy (non-hydrogen) atoms. The molecular formula is C111H135ClF12IN5. The van der Waals surface area contributed by atoms with Crippen molar-refractivity contribution in [2.24, 2.45) is 0 Å². The van der Waals surface area contributed by atoms with E-state index in [1.807, 2.05) is 112 Å². The zero-order chi connectivity index (χ0) is 99.9. The van der Waals surface area contributed by atoms with E-state index in [-0.39, 0.29) is 52.4 Å². The summed E-state index contributed by atoms with van der Waals surface area (Å²) in [7, 11) is 0. The van der Waals surface area contributed by atoms with Crippen LogP contribution in [0.3, 0.4) is 0 Å². The van der Waals surface area contributed by atoms with E-state index >= 15 is 0 Å². The third kappa shape index (κ3) is 42.0. The molecule has 10 aromatic carbocycles. The van der Waals surface area contributed by atoms with E-state index in [4.69, 9.17) is 30.0 Å². The summed E-state index contributed by atoms with van der Waals surface area (Å²) in [4.78, 5) is 14.6. The van der Waals surface area contributed by atoms with Gasteiger partial charge in [0.15, 0.2) is 5.69 Å². The summed E-state index contributed by atoms with van der Waals surface area (Å²) in [5.74, 6) is 1.50. The van der Waals surface area contributed by atoms with Gasteiger partial charge in [0.1, 0.15) is 34.9 Å². The first kappa shape index (κ1) is 118. The highest BCUT2D eigenvalue weighted by Gasteiger charge is 2.34. The van der Waals surface area contributed by atoms with Crippen molar-refractivity contribution in [2.45, 2.75) is 292 Å². The largest absolute Gasteiger partial charge is 0.416 e. The van der Waals surface area contributed by atoms with Gasteiger partial charge in [0, 0.05) is 32.7 Å². The Morgan fingerprint density at radius 2 is 0.769 bits per heavy atom. The molecule has 0 bridgehead atoms. The van der Waals surface area contributed by atoms with E-state index in [1.54, 1.807) is 90.5 Å². The third-order valence-corrected chi connectivity index (χ3v) is 22.0. The maximum Gasteiger partial charge on any atom is 0.416 e. The maximum atomic E-state index is 13.3. The van der Waals surface area contributed by atoms with Gasteiger partial charge in [0.2, 0.25) is 5.69 Å². The summed E-state index contributed by atoms with van der Waals surface area (Å²) in [6.07, 6.45) is -3.28. The lowest BCUT2D eigenvalue weighted by molar-refractivity contribution is -0.138. The Kier molecular flexibility index (Phi) is 52.0. The molecule has 0 aliphatic heterocycles. The number of nitrogens with zero attached hydrogens (tertiary/aromatic N) is 5. The minimum atomic E-state index is -4.24. The zero-order valence-electron chi connectivity index (χ0n) is 81.8. The first-order valence-corrected chi connectivity index (χ1v) is 45.2. The summed E-state index contributed by atoms with van der Waals surface area (Å²) >= 11 is 8.39. The lowest BCUT2D eigenvalue weighted by Gasteiger charge is -2.15. The molecule has 1 aromatic heterocycles. The number of alkyl halides is 6. The van der Waals surface area contributed by atoms with Gasteiger partial charge < -0.3 is 0 Å². The van der Waals surface area contributed by atoms with Crippen LogP contribution >= 0.6 is 34.2 Å². The van der Waals surface area contributed by atoms with Crippen molar-refractivity contribution in [1.82, 2.24) is 9.97 Å². The summed E-state index contributed by atoms with van der Waals surface area (Å²) < 4.78 is 154. The van der Waals surface area contributed by atoms with E-state index in [0.29, 0.717) is 74.8 Å². The second-order valence-electron chi connectivity index (χ2n) is 35.5. The quantitative estimate of drug-likeness (QED) is 0.0737. The van der Waals surface area contributed by atoms with Crippen molar-refractivity contribution in [2.75, 3.05) is 0 Å². The minimum Gasteiger partial charge on any atom is -0.261 e. The van der Waals surface area contributed by atoms with Crippen LogP contribution in [-0.4, -0.2) is 9.97 Å². The maximum absolute atomic E-state index is 13.3. The summed E-state index contributed by atoms with van der Waals surface area (Å²) in [5, 5.41) is 9.73. The molecule has 0 unspecified atom stereocenters. The van der Waals surface area contributed by atoms with Gasteiger partial charge in [-0.15, -0.1) is 0 Å². The Bertz CT molecular complexity index is 5390. The van der Waals surface area contributed by atoms with E-state index < -0.39 is 40.9 Å². The van der Waals surface area contributed by atoms with E-state index in [9.17, 15) is 52.7 Å². The first-order chi connectivity index (χ1) is 60.3. The van der Waals surface area contributed by atoms with Gasteiger partial charge >= 0.3 is 12.4 Å². The number of aryl methyl sites for hydroxylation is 8. The number of nitriles is 1. The van der Waals surface area contributed by atoms with Crippen molar-refractivity contribution < 1.29 is 52.7 Å². The van der Waals surface area contributed by atoms with Gasteiger partial charge in [-0.1, -0.05) is 284 Å². The van der Waals surface area contributed by atoms with E-state index in [2.05, 4.69) is 188 Å². The van der Waals surface area contributed by atoms with Crippen LogP contribution in [0.15, 0.2) is 188 Å². The van der Waals surface area contributed by atoms with Crippen LogP contribution in [-0.2, 0) is 12.4 Å². The van der Waals surface area contributed by atoms with E-state index in [1.165, 1.54) is 98.5 Å². The van der Waals surface area contributed by atoms with Gasteiger partial charge in [0.25, 0.3) is 0 Å². The number of benzene rings is 10. The second kappa shape index (κ2) is 57.3. The fraction of sp³-hybridized carbons (Fsp3) is 0.396. The molecule has 5 nitrogen and oxygen atoms in total. The fourth-order valence-electron chi connectivity index (χ4n) is 12.1. The highest BCUT2D eigenvalue weighted by Crippen LogP contribution is 2.37. The standard InChI is InChI=1S/2C11H13F3.2C11H13N.C10H13Cl.2C10H12F2.C10H10FN.C10H13F.C10H13I.C7H10N2/c1-7(2)9-4-8(3)5-10(6-9)11(12,13)14;1-7(2)9-5-4-8(3)6-10(9)11(12,13)14;1-8(2)10-5-6-11(12-4)9(3)7-10;1-8(2)11-5-4-9(3)6-10(11)7-12;1-7(2)9-5-4-8(3)6-10(9)11;1-6(2)8-5-9(11)7(3)4-10(8)12;1-6(2)8-4-5-9(11)7(3)10(8)12;1-7(2)8-4-5-9(11)10(6-8)12-3;2*1-7(2)9-4-5-10(11)8(3)6-9;1-6(2)7-5-8-3-4-9-7/h2*4-7H,1-3H3;5-8H,1-3H3;4-6,8H,1-3H3;4-7H,1-3H3;2*4-6H,1-3H3;4-7H,1-2H3;2*4-7H,1-3H3;3-6H,1-2H3. The van der Waals surface area contributed by atoms with Crippen LogP contribution in [0.1, 0.15) is 346 Å². The summed E-state index contributed by atoms with van der Waals surface area (Å²) in [6, 6.07) is 51.1. The molecule has 0 spiro atoms. The van der Waals surface area contributed by atoms with Crippen molar-refractivity contribution in [1.29, 1.82) is 5.26 Å². The third-order valence-electron chi connectivity index (χ3n) is 20.5. The Hall–Kier alpha value is -10.1. The number of rotatable bonds is 11. The van der Waals surface area contributed by atoms with Crippen molar-refractivity contribution >= 4 is 45.6 Å². The van der Waals surface area contributed by atoms with Gasteiger partial charge in [-0.05, 0) is 300 Å². The molecule has 0 aliphatic carbocycles. The molecule has 19 heteroatoms. The lowest BCUT2D eigenvalue weighted by Crippen LogP contribution is -2.10. The van der Waals surface area contributed by atoms with E-state index in [0.717, 1.165) is 55.3 Å². The van der Waals surface area contributed by atoms with Crippen LogP contribution < -0.4 is 0 Å². The molecule has 11 rings (SSSR count). The van der Waals surface area contributed by atoms with Gasteiger partial charge in [-0.2, -0.15) is 31.6 Å². The first-order valence-electron chi connectivity index (χ1n) is 43.7. The smallest absolute Gasteiger partial charge is 0.261 e. The fourth-order valence-corrected chi connectivity index (χ4v) is 12.9. The molecule has 0 fully saturated rings. The molecule has 702 valence electrons. The predicted octanol–water partition coefficient (Wildman–Crippen LogP) is 37.6. The normalized spacial score (nSPS) is 10.8. The summed E-state index contributed by atoms with van der Waals surface area (Å²) in [5.41, 5.74) is 18.4. The number of hydrogen-bond donors (Lipinski definition) is 0. The van der Waals surface area contributed by atoms with Crippen LogP contribution in [0.25, 0.3) is 9.69 Å². The van der Waals surface area contributed by atoms with Crippen LogP contribution in [0.5, 0.6) is 0 Å². The van der Waals surface area contributed by atoms with Crippen LogP contribution in [0, 0.1) is 125 Å². The number of hydrogen-bond acceptors (Lipinski definition) is 3. The molecule has 0 N–H and O–H groups in total. The molecule has 0 saturated carbocycles.